The van der Waals surface area contributed by atoms with Gasteiger partial charge >= 0.3 is 0 Å². The Morgan fingerprint density at radius 1 is 1.10 bits per heavy atom. The van der Waals surface area contributed by atoms with Crippen LogP contribution in [-0.4, -0.2) is 14.7 Å². The summed E-state index contributed by atoms with van der Waals surface area (Å²) in [5, 5.41) is 0. The molecule has 2 aromatic carbocycles. The van der Waals surface area contributed by atoms with Crippen LogP contribution in [0.5, 0.6) is 0 Å². The summed E-state index contributed by atoms with van der Waals surface area (Å²) in [6.07, 6.45) is 1.57. The van der Waals surface area contributed by atoms with Crippen LogP contribution in [0.15, 0.2) is 48.5 Å². The lowest BCUT2D eigenvalue weighted by Crippen LogP contribution is -2.11. The van der Waals surface area contributed by atoms with Gasteiger partial charge in [-0.25, -0.2) is 0 Å². The Morgan fingerprint density at radius 3 is 2.38 bits per heavy atom. The highest BCUT2D eigenvalue weighted by Gasteiger charge is 2.02. The zero-order valence-electron chi connectivity index (χ0n) is 11.2. The van der Waals surface area contributed by atoms with E-state index in [9.17, 15) is 13.6 Å². The highest BCUT2D eigenvalue weighted by Crippen LogP contribution is 2.13. The van der Waals surface area contributed by atoms with Crippen LogP contribution in [0.2, 0.25) is 0 Å². The second-order valence-corrected chi connectivity index (χ2v) is 5.27. The van der Waals surface area contributed by atoms with Gasteiger partial charge in [0.2, 0.25) is 5.91 Å². The van der Waals surface area contributed by atoms with Crippen molar-refractivity contribution in [1.29, 1.82) is 0 Å². The molecule has 0 aliphatic carbocycles. The average Bonchev–Trinajstić information content (AvgIpc) is 2.46. The van der Waals surface area contributed by atoms with E-state index in [1.807, 2.05) is 24.3 Å². The number of benzene rings is 2. The van der Waals surface area contributed by atoms with E-state index in [0.717, 1.165) is 24.0 Å². The highest BCUT2D eigenvalue weighted by atomic mass is 32.2. The SMILES string of the molecule is NC(=O)c1cccc(CCc2ccc(NS(=O)[O-])cc2)c1. The van der Waals surface area contributed by atoms with Gasteiger partial charge in [0.25, 0.3) is 0 Å². The van der Waals surface area contributed by atoms with Gasteiger partial charge in [-0.2, -0.15) is 0 Å². The normalized spacial score (nSPS) is 11.9. The summed E-state index contributed by atoms with van der Waals surface area (Å²) in [5.74, 6) is -0.433. The zero-order chi connectivity index (χ0) is 15.2. The Kier molecular flexibility index (Phi) is 5.08. The number of nitrogens with one attached hydrogen (secondary N) is 1. The van der Waals surface area contributed by atoms with Gasteiger partial charge in [-0.3, -0.25) is 9.00 Å². The van der Waals surface area contributed by atoms with Crippen molar-refractivity contribution in [3.05, 3.63) is 65.2 Å². The molecule has 0 saturated heterocycles. The van der Waals surface area contributed by atoms with Crippen molar-refractivity contribution in [3.63, 3.8) is 0 Å². The number of nitrogens with two attached hydrogens (primary N) is 1. The number of hydrogen-bond donors (Lipinski definition) is 2. The average molecular weight is 303 g/mol. The molecule has 0 spiro atoms. The van der Waals surface area contributed by atoms with Crippen molar-refractivity contribution in [2.24, 2.45) is 5.73 Å². The van der Waals surface area contributed by atoms with Gasteiger partial charge in [-0.1, -0.05) is 24.3 Å². The number of carbonyl (C=O) groups is 1. The van der Waals surface area contributed by atoms with E-state index in [1.54, 1.807) is 24.3 Å². The first kappa shape index (κ1) is 15.2. The molecule has 0 aromatic heterocycles. The lowest BCUT2D eigenvalue weighted by molar-refractivity contribution is 0.1000. The van der Waals surface area contributed by atoms with E-state index < -0.39 is 17.2 Å². The largest absolute Gasteiger partial charge is 0.755 e. The molecule has 1 atom stereocenters. The van der Waals surface area contributed by atoms with Crippen molar-refractivity contribution < 1.29 is 13.6 Å². The van der Waals surface area contributed by atoms with Gasteiger partial charge in [0.15, 0.2) is 0 Å². The lowest BCUT2D eigenvalue weighted by Gasteiger charge is -2.09. The Morgan fingerprint density at radius 2 is 1.76 bits per heavy atom. The first-order valence-corrected chi connectivity index (χ1v) is 7.46. The first-order valence-electron chi connectivity index (χ1n) is 6.38. The molecule has 1 amide bonds. The molecule has 6 heteroatoms. The number of rotatable bonds is 6. The summed E-state index contributed by atoms with van der Waals surface area (Å²) in [7, 11) is 0. The molecule has 110 valence electrons. The van der Waals surface area contributed by atoms with E-state index in [1.165, 1.54) is 0 Å². The van der Waals surface area contributed by atoms with Crippen LogP contribution in [0, 0.1) is 0 Å². The molecule has 0 aliphatic heterocycles. The molecule has 0 aliphatic rings. The van der Waals surface area contributed by atoms with E-state index >= 15 is 0 Å². The van der Waals surface area contributed by atoms with Crippen LogP contribution in [0.4, 0.5) is 5.69 Å². The molecule has 5 nitrogen and oxygen atoms in total. The fourth-order valence-corrected chi connectivity index (χ4v) is 2.33. The summed E-state index contributed by atoms with van der Waals surface area (Å²) in [5.41, 5.74) is 8.41. The van der Waals surface area contributed by atoms with Crippen molar-refractivity contribution >= 4 is 22.9 Å². The number of hydrogen-bond acceptors (Lipinski definition) is 3. The lowest BCUT2D eigenvalue weighted by atomic mass is 10.0. The van der Waals surface area contributed by atoms with E-state index in [0.29, 0.717) is 11.3 Å². The highest BCUT2D eigenvalue weighted by molar-refractivity contribution is 7.80. The molecule has 2 aromatic rings. The van der Waals surface area contributed by atoms with Crippen LogP contribution in [0.25, 0.3) is 0 Å². The number of carbonyl (C=O) groups excluding carboxylic acids is 1. The predicted molar refractivity (Wildman–Crippen MR) is 81.4 cm³/mol. The van der Waals surface area contributed by atoms with E-state index in [-0.39, 0.29) is 0 Å². The van der Waals surface area contributed by atoms with Gasteiger partial charge in [-0.05, 0) is 48.2 Å². The third kappa shape index (κ3) is 4.70. The third-order valence-electron chi connectivity index (χ3n) is 3.07. The van der Waals surface area contributed by atoms with Crippen LogP contribution >= 0.6 is 0 Å². The molecule has 3 N–H and O–H groups in total. The minimum atomic E-state index is -2.31. The molecule has 0 radical (unpaired) electrons. The molecule has 1 unspecified atom stereocenters. The maximum absolute atomic E-state index is 11.1. The maximum atomic E-state index is 11.1. The first-order chi connectivity index (χ1) is 10.0. The standard InChI is InChI=1S/C15H16N2O3S/c16-15(18)13-3-1-2-12(10-13)5-4-11-6-8-14(9-7-11)17-21(19)20/h1-3,6-10,17H,4-5H2,(H2,16,18)(H,19,20)/p-1. The second kappa shape index (κ2) is 7.01. The number of primary amides is 1. The molecule has 2 rings (SSSR count). The van der Waals surface area contributed by atoms with Gasteiger partial charge < -0.3 is 15.0 Å². The summed E-state index contributed by atoms with van der Waals surface area (Å²) in [6.45, 7) is 0. The predicted octanol–water partition coefficient (Wildman–Crippen LogP) is 1.78. The van der Waals surface area contributed by atoms with Crippen LogP contribution < -0.4 is 10.5 Å². The van der Waals surface area contributed by atoms with Gasteiger partial charge in [0, 0.05) is 22.5 Å². The smallest absolute Gasteiger partial charge is 0.248 e. The molecule has 0 fully saturated rings. The third-order valence-corrected chi connectivity index (χ3v) is 3.47. The topological polar surface area (TPSA) is 95.2 Å². The van der Waals surface area contributed by atoms with Crippen molar-refractivity contribution in [2.45, 2.75) is 12.8 Å². The molecular weight excluding hydrogens is 288 g/mol. The minimum Gasteiger partial charge on any atom is -0.755 e. The molecule has 0 saturated carbocycles. The Balaban J connectivity index is 1.98. The minimum absolute atomic E-state index is 0.433. The quantitative estimate of drug-likeness (QED) is 0.796. The maximum Gasteiger partial charge on any atom is 0.248 e. The summed E-state index contributed by atoms with van der Waals surface area (Å²) >= 11 is -2.31. The van der Waals surface area contributed by atoms with Gasteiger partial charge in [0.1, 0.15) is 0 Å². The summed E-state index contributed by atoms with van der Waals surface area (Å²) < 4.78 is 23.3. The van der Waals surface area contributed by atoms with Gasteiger partial charge in [-0.15, -0.1) is 0 Å². The number of aryl methyl sites for hydroxylation is 2. The van der Waals surface area contributed by atoms with Crippen LogP contribution in [0.1, 0.15) is 21.5 Å². The van der Waals surface area contributed by atoms with Crippen LogP contribution in [0.3, 0.4) is 0 Å². The van der Waals surface area contributed by atoms with E-state index in [4.69, 9.17) is 5.73 Å². The zero-order valence-corrected chi connectivity index (χ0v) is 12.1. The Hall–Kier alpha value is -2.18. The van der Waals surface area contributed by atoms with Gasteiger partial charge in [0.05, 0.1) is 0 Å². The fourth-order valence-electron chi connectivity index (χ4n) is 2.00. The summed E-state index contributed by atoms with van der Waals surface area (Å²) in [4.78, 5) is 11.1. The Bertz CT molecular complexity index is 656. The monoisotopic (exact) mass is 303 g/mol. The summed E-state index contributed by atoms with van der Waals surface area (Å²) in [6, 6.07) is 14.4. The van der Waals surface area contributed by atoms with Crippen molar-refractivity contribution in [2.75, 3.05) is 4.72 Å². The van der Waals surface area contributed by atoms with Crippen molar-refractivity contribution in [3.8, 4) is 0 Å². The number of anilines is 1. The van der Waals surface area contributed by atoms with Crippen LogP contribution in [-0.2, 0) is 24.1 Å². The molecular formula is C15H15N2O3S-. The van der Waals surface area contributed by atoms with E-state index in [2.05, 4.69) is 4.72 Å². The molecule has 0 bridgehead atoms. The molecule has 21 heavy (non-hydrogen) atoms. The van der Waals surface area contributed by atoms with Crippen molar-refractivity contribution in [1.82, 2.24) is 0 Å². The fraction of sp³-hybridized carbons (Fsp3) is 0.133. The second-order valence-electron chi connectivity index (χ2n) is 4.60. The Labute approximate surface area is 125 Å². The molecule has 0 heterocycles. The number of amides is 1.